The quantitative estimate of drug-likeness (QED) is 0.713. The van der Waals surface area contributed by atoms with Crippen LogP contribution in [0, 0.1) is 0 Å². The molecule has 2 heterocycles. The van der Waals surface area contributed by atoms with Gasteiger partial charge in [-0.3, -0.25) is 4.79 Å². The number of amides is 1. The molecule has 2 aliphatic heterocycles. The van der Waals surface area contributed by atoms with Crippen molar-refractivity contribution in [2.24, 2.45) is 0 Å². The molecule has 0 aromatic heterocycles. The Labute approximate surface area is 165 Å². The number of para-hydroxylation sites is 1. The second kappa shape index (κ2) is 7.14. The van der Waals surface area contributed by atoms with Gasteiger partial charge in [0.2, 0.25) is 16.8 Å². The third-order valence-electron chi connectivity index (χ3n) is 4.59. The predicted molar refractivity (Wildman–Crippen MR) is 101 cm³/mol. The van der Waals surface area contributed by atoms with Crippen LogP contribution in [0.4, 0.5) is 0 Å². The summed E-state index contributed by atoms with van der Waals surface area (Å²) in [5.41, 5.74) is 0.438. The molecule has 0 atom stereocenters. The maximum atomic E-state index is 12.8. The number of rotatable bonds is 3. The number of hydrogen-bond acceptors (Lipinski definition) is 5. The third-order valence-corrected chi connectivity index (χ3v) is 6.97. The fourth-order valence-electron chi connectivity index (χ4n) is 3.18. The Morgan fingerprint density at radius 1 is 1.00 bits per heavy atom. The maximum Gasteiger partial charge on any atom is 0.257 e. The Morgan fingerprint density at radius 3 is 2.48 bits per heavy atom. The van der Waals surface area contributed by atoms with Crippen LogP contribution in [0.5, 0.6) is 11.5 Å². The molecule has 4 rings (SSSR count). The normalized spacial score (nSPS) is 17.1. The van der Waals surface area contributed by atoms with Crippen LogP contribution in [0.3, 0.4) is 0 Å². The highest BCUT2D eigenvalue weighted by atomic mass is 79.9. The molecule has 0 spiro atoms. The second-order valence-corrected chi connectivity index (χ2v) is 9.05. The molecule has 7 nitrogen and oxygen atoms in total. The summed E-state index contributed by atoms with van der Waals surface area (Å²) in [6, 6.07) is 11.8. The van der Waals surface area contributed by atoms with E-state index in [0.29, 0.717) is 34.6 Å². The molecule has 1 fully saturated rings. The zero-order valence-electron chi connectivity index (χ0n) is 14.3. The molecule has 2 aromatic carbocycles. The minimum atomic E-state index is -3.59. The first-order valence-corrected chi connectivity index (χ1v) is 10.6. The number of hydrogen-bond donors (Lipinski definition) is 0. The molecule has 2 aliphatic rings. The molecule has 1 amide bonds. The number of halogens is 1. The van der Waals surface area contributed by atoms with Crippen LogP contribution in [-0.2, 0) is 10.0 Å². The molecule has 0 saturated carbocycles. The topological polar surface area (TPSA) is 76.2 Å². The van der Waals surface area contributed by atoms with Gasteiger partial charge >= 0.3 is 0 Å². The standard InChI is InChI=1S/C18H17BrN2O5S/c19-13-3-1-4-14(11-13)27(23,24)21-9-7-20(8-10-21)18(22)15-5-2-6-16-17(15)26-12-25-16/h1-6,11H,7-10,12H2. The van der Waals surface area contributed by atoms with Gasteiger partial charge in [0, 0.05) is 30.7 Å². The van der Waals surface area contributed by atoms with E-state index in [-0.39, 0.29) is 30.7 Å². The molecule has 27 heavy (non-hydrogen) atoms. The lowest BCUT2D eigenvalue weighted by molar-refractivity contribution is 0.0693. The largest absolute Gasteiger partial charge is 0.454 e. The van der Waals surface area contributed by atoms with Crippen molar-refractivity contribution < 1.29 is 22.7 Å². The summed E-state index contributed by atoms with van der Waals surface area (Å²) in [5, 5.41) is 0. The first-order chi connectivity index (χ1) is 13.0. The number of carbonyl (C=O) groups is 1. The van der Waals surface area contributed by atoms with Crippen molar-refractivity contribution in [3.05, 3.63) is 52.5 Å². The van der Waals surface area contributed by atoms with Crippen molar-refractivity contribution in [1.29, 1.82) is 0 Å². The van der Waals surface area contributed by atoms with Crippen LogP contribution >= 0.6 is 15.9 Å². The summed E-state index contributed by atoms with van der Waals surface area (Å²) in [6.45, 7) is 1.21. The minimum Gasteiger partial charge on any atom is -0.454 e. The Balaban J connectivity index is 1.48. The van der Waals surface area contributed by atoms with E-state index in [0.717, 1.165) is 0 Å². The van der Waals surface area contributed by atoms with E-state index in [1.54, 1.807) is 47.4 Å². The van der Waals surface area contributed by atoms with Crippen molar-refractivity contribution in [3.63, 3.8) is 0 Å². The van der Waals surface area contributed by atoms with E-state index in [4.69, 9.17) is 9.47 Å². The molecule has 0 radical (unpaired) electrons. The molecule has 0 aliphatic carbocycles. The van der Waals surface area contributed by atoms with Crippen LogP contribution in [-0.4, -0.2) is 56.5 Å². The van der Waals surface area contributed by atoms with E-state index in [9.17, 15) is 13.2 Å². The van der Waals surface area contributed by atoms with Gasteiger partial charge < -0.3 is 14.4 Å². The highest BCUT2D eigenvalue weighted by molar-refractivity contribution is 9.10. The summed E-state index contributed by atoms with van der Waals surface area (Å²) < 4.78 is 38.4. The highest BCUT2D eigenvalue weighted by Gasteiger charge is 2.32. The van der Waals surface area contributed by atoms with Crippen molar-refractivity contribution in [3.8, 4) is 11.5 Å². The lowest BCUT2D eigenvalue weighted by Gasteiger charge is -2.34. The van der Waals surface area contributed by atoms with Crippen molar-refractivity contribution in [1.82, 2.24) is 9.21 Å². The molecule has 0 unspecified atom stereocenters. The van der Waals surface area contributed by atoms with Crippen molar-refractivity contribution >= 4 is 31.9 Å². The highest BCUT2D eigenvalue weighted by Crippen LogP contribution is 2.36. The smallest absolute Gasteiger partial charge is 0.257 e. The molecular formula is C18H17BrN2O5S. The second-order valence-electron chi connectivity index (χ2n) is 6.19. The van der Waals surface area contributed by atoms with E-state index in [2.05, 4.69) is 15.9 Å². The third kappa shape index (κ3) is 3.42. The first kappa shape index (κ1) is 18.3. The zero-order valence-corrected chi connectivity index (χ0v) is 16.7. The predicted octanol–water partition coefficient (Wildman–Crippen LogP) is 2.32. The summed E-state index contributed by atoms with van der Waals surface area (Å²) in [5.74, 6) is 0.820. The van der Waals surface area contributed by atoms with Crippen LogP contribution in [0.15, 0.2) is 51.8 Å². The van der Waals surface area contributed by atoms with Gasteiger partial charge in [-0.15, -0.1) is 0 Å². The lowest BCUT2D eigenvalue weighted by Crippen LogP contribution is -2.50. The summed E-state index contributed by atoms with van der Waals surface area (Å²) >= 11 is 3.30. The molecular weight excluding hydrogens is 436 g/mol. The van der Waals surface area contributed by atoms with Gasteiger partial charge in [0.1, 0.15) is 0 Å². The molecule has 1 saturated heterocycles. The van der Waals surface area contributed by atoms with Crippen molar-refractivity contribution in [2.45, 2.75) is 4.90 Å². The first-order valence-electron chi connectivity index (χ1n) is 8.40. The average Bonchev–Trinajstić information content (AvgIpc) is 3.16. The Morgan fingerprint density at radius 2 is 1.74 bits per heavy atom. The number of carbonyl (C=O) groups excluding carboxylic acids is 1. The van der Waals surface area contributed by atoms with E-state index < -0.39 is 10.0 Å². The molecule has 2 aromatic rings. The number of piperazine rings is 1. The van der Waals surface area contributed by atoms with E-state index in [1.165, 1.54) is 4.31 Å². The van der Waals surface area contributed by atoms with Gasteiger partial charge in [-0.05, 0) is 30.3 Å². The molecule has 0 N–H and O–H groups in total. The zero-order chi connectivity index (χ0) is 19.0. The molecule has 142 valence electrons. The van der Waals surface area contributed by atoms with E-state index >= 15 is 0 Å². The van der Waals surface area contributed by atoms with Crippen molar-refractivity contribution in [2.75, 3.05) is 33.0 Å². The minimum absolute atomic E-state index is 0.0955. The Kier molecular flexibility index (Phi) is 4.83. The van der Waals surface area contributed by atoms with Crippen LogP contribution in [0.1, 0.15) is 10.4 Å². The fourth-order valence-corrected chi connectivity index (χ4v) is 5.20. The SMILES string of the molecule is O=C(c1cccc2c1OCO2)N1CCN(S(=O)(=O)c2cccc(Br)c2)CC1. The summed E-state index contributed by atoms with van der Waals surface area (Å²) in [6.07, 6.45) is 0. The maximum absolute atomic E-state index is 12.8. The number of ether oxygens (including phenoxy) is 2. The van der Waals surface area contributed by atoms with Gasteiger partial charge in [0.15, 0.2) is 11.5 Å². The summed E-state index contributed by atoms with van der Waals surface area (Å²) in [7, 11) is -3.59. The number of benzene rings is 2. The monoisotopic (exact) mass is 452 g/mol. The van der Waals surface area contributed by atoms with Gasteiger partial charge in [0.25, 0.3) is 5.91 Å². The average molecular weight is 453 g/mol. The van der Waals surface area contributed by atoms with Crippen LogP contribution in [0.25, 0.3) is 0 Å². The summed E-state index contributed by atoms with van der Waals surface area (Å²) in [4.78, 5) is 14.7. The Hall–Kier alpha value is -2.10. The van der Waals surface area contributed by atoms with E-state index in [1.807, 2.05) is 0 Å². The fraction of sp³-hybridized carbons (Fsp3) is 0.278. The number of sulfonamides is 1. The van der Waals surface area contributed by atoms with Crippen LogP contribution < -0.4 is 9.47 Å². The van der Waals surface area contributed by atoms with Gasteiger partial charge in [-0.1, -0.05) is 28.1 Å². The van der Waals surface area contributed by atoms with Gasteiger partial charge in [-0.25, -0.2) is 8.42 Å². The Bertz CT molecular complexity index is 987. The van der Waals surface area contributed by atoms with Gasteiger partial charge in [0.05, 0.1) is 10.5 Å². The van der Waals surface area contributed by atoms with Crippen LogP contribution in [0.2, 0.25) is 0 Å². The van der Waals surface area contributed by atoms with Gasteiger partial charge in [-0.2, -0.15) is 4.31 Å². The molecule has 9 heteroatoms. The lowest BCUT2D eigenvalue weighted by atomic mass is 10.1. The number of fused-ring (bicyclic) bond motifs is 1. The number of nitrogens with zero attached hydrogens (tertiary/aromatic N) is 2. The molecule has 0 bridgehead atoms.